The van der Waals surface area contributed by atoms with Crippen LogP contribution in [0.5, 0.6) is 0 Å². The summed E-state index contributed by atoms with van der Waals surface area (Å²) in [5.41, 5.74) is 7.16. The first kappa shape index (κ1) is 23.2. The molecule has 1 aromatic carbocycles. The Labute approximate surface area is 158 Å². The Morgan fingerprint density at radius 1 is 1.33 bits per heavy atom. The van der Waals surface area contributed by atoms with Gasteiger partial charge in [0.05, 0.1) is 6.04 Å². The van der Waals surface area contributed by atoms with Gasteiger partial charge in [-0.1, -0.05) is 37.3 Å². The first-order chi connectivity index (χ1) is 10.6. The van der Waals surface area contributed by atoms with Crippen LogP contribution in [-0.4, -0.2) is 47.4 Å². The quantitative estimate of drug-likeness (QED) is 0.830. The third kappa shape index (κ3) is 6.60. The molecule has 138 valence electrons. The van der Waals surface area contributed by atoms with E-state index in [0.29, 0.717) is 6.04 Å². The maximum atomic E-state index is 12.4. The molecule has 1 heterocycles. The van der Waals surface area contributed by atoms with Crippen LogP contribution in [-0.2, 0) is 11.3 Å². The predicted octanol–water partition coefficient (Wildman–Crippen LogP) is 3.08. The number of amides is 1. The summed E-state index contributed by atoms with van der Waals surface area (Å²) in [6.45, 7) is 7.74. The summed E-state index contributed by atoms with van der Waals surface area (Å²) in [5, 5.41) is 0. The number of likely N-dealkylation sites (tertiary alicyclic amines) is 1. The van der Waals surface area contributed by atoms with E-state index in [9.17, 15) is 4.79 Å². The van der Waals surface area contributed by atoms with Crippen molar-refractivity contribution in [3.63, 3.8) is 0 Å². The molecule has 2 N–H and O–H groups in total. The summed E-state index contributed by atoms with van der Waals surface area (Å²) in [7, 11) is 0. The lowest BCUT2D eigenvalue weighted by molar-refractivity contribution is -0.135. The highest BCUT2D eigenvalue weighted by Gasteiger charge is 2.29. The number of hydrogen-bond acceptors (Lipinski definition) is 3. The van der Waals surface area contributed by atoms with Crippen molar-refractivity contribution in [1.29, 1.82) is 0 Å². The van der Waals surface area contributed by atoms with Gasteiger partial charge in [0.15, 0.2) is 0 Å². The summed E-state index contributed by atoms with van der Waals surface area (Å²) < 4.78 is 0. The topological polar surface area (TPSA) is 49.6 Å². The van der Waals surface area contributed by atoms with E-state index < -0.39 is 6.04 Å². The average Bonchev–Trinajstić information content (AvgIpc) is 2.53. The molecular weight excluding hydrogens is 345 g/mol. The molecule has 0 radical (unpaired) electrons. The molecule has 0 spiro atoms. The van der Waals surface area contributed by atoms with E-state index in [4.69, 9.17) is 5.73 Å². The molecule has 1 amide bonds. The van der Waals surface area contributed by atoms with Crippen LogP contribution >= 0.6 is 24.8 Å². The number of hydrogen-bond donors (Lipinski definition) is 1. The molecule has 0 bridgehead atoms. The Morgan fingerprint density at radius 3 is 2.58 bits per heavy atom. The number of benzene rings is 1. The van der Waals surface area contributed by atoms with E-state index in [1.807, 2.05) is 11.0 Å². The summed E-state index contributed by atoms with van der Waals surface area (Å²) >= 11 is 0. The van der Waals surface area contributed by atoms with E-state index in [0.717, 1.165) is 45.4 Å². The minimum atomic E-state index is -0.406. The van der Waals surface area contributed by atoms with Gasteiger partial charge in [-0.05, 0) is 38.3 Å². The van der Waals surface area contributed by atoms with Crippen molar-refractivity contribution in [2.75, 3.05) is 19.6 Å². The lowest BCUT2D eigenvalue weighted by atomic mass is 10.0. The van der Waals surface area contributed by atoms with E-state index in [2.05, 4.69) is 36.1 Å². The minimum absolute atomic E-state index is 0. The van der Waals surface area contributed by atoms with Crippen molar-refractivity contribution in [3.05, 3.63) is 35.9 Å². The van der Waals surface area contributed by atoms with Crippen molar-refractivity contribution in [2.45, 2.75) is 51.7 Å². The monoisotopic (exact) mass is 375 g/mol. The fourth-order valence-electron chi connectivity index (χ4n) is 3.25. The van der Waals surface area contributed by atoms with Gasteiger partial charge in [0, 0.05) is 25.7 Å². The summed E-state index contributed by atoms with van der Waals surface area (Å²) in [6.07, 6.45) is 3.21. The molecule has 0 aromatic heterocycles. The zero-order valence-electron chi connectivity index (χ0n) is 14.7. The first-order valence-corrected chi connectivity index (χ1v) is 8.44. The van der Waals surface area contributed by atoms with Gasteiger partial charge >= 0.3 is 0 Å². The number of carbonyl (C=O) groups is 1. The Balaban J connectivity index is 0.00000264. The van der Waals surface area contributed by atoms with Gasteiger partial charge < -0.3 is 10.6 Å². The average molecular weight is 376 g/mol. The van der Waals surface area contributed by atoms with Gasteiger partial charge in [-0.3, -0.25) is 9.69 Å². The number of piperidine rings is 1. The van der Waals surface area contributed by atoms with Gasteiger partial charge in [0.2, 0.25) is 5.91 Å². The summed E-state index contributed by atoms with van der Waals surface area (Å²) in [4.78, 5) is 16.9. The zero-order valence-corrected chi connectivity index (χ0v) is 16.3. The fourth-order valence-corrected chi connectivity index (χ4v) is 3.25. The number of nitrogens with two attached hydrogens (primary N) is 1. The number of halogens is 2. The van der Waals surface area contributed by atoms with Gasteiger partial charge in [-0.25, -0.2) is 0 Å². The Morgan fingerprint density at radius 2 is 2.00 bits per heavy atom. The molecule has 6 heteroatoms. The molecular formula is C18H31Cl2N3O. The molecule has 0 aliphatic carbocycles. The molecule has 2 rings (SSSR count). The standard InChI is InChI=1S/C18H29N3O.2ClH/c1-3-11-21(18(22)15(2)19)17-10-7-12-20(14-17)13-16-8-5-4-6-9-16;;/h4-6,8-9,15,17H,3,7,10-14,19H2,1-2H3;2*1H. The lowest BCUT2D eigenvalue weighted by Gasteiger charge is -2.40. The van der Waals surface area contributed by atoms with Crippen molar-refractivity contribution in [2.24, 2.45) is 5.73 Å². The second-order valence-corrected chi connectivity index (χ2v) is 6.34. The largest absolute Gasteiger partial charge is 0.337 e. The van der Waals surface area contributed by atoms with Crippen molar-refractivity contribution in [3.8, 4) is 0 Å². The Bertz CT molecular complexity index is 471. The highest BCUT2D eigenvalue weighted by atomic mass is 35.5. The Kier molecular flexibility index (Phi) is 11.3. The van der Waals surface area contributed by atoms with Crippen molar-refractivity contribution >= 4 is 30.7 Å². The SMILES string of the molecule is CCCN(C(=O)C(C)N)C1CCCN(Cc2ccccc2)C1.Cl.Cl. The third-order valence-corrected chi connectivity index (χ3v) is 4.31. The molecule has 2 atom stereocenters. The zero-order chi connectivity index (χ0) is 15.9. The van der Waals surface area contributed by atoms with Gasteiger partial charge in [-0.15, -0.1) is 24.8 Å². The van der Waals surface area contributed by atoms with E-state index in [1.54, 1.807) is 6.92 Å². The molecule has 4 nitrogen and oxygen atoms in total. The van der Waals surface area contributed by atoms with E-state index in [1.165, 1.54) is 5.56 Å². The molecule has 24 heavy (non-hydrogen) atoms. The maximum Gasteiger partial charge on any atom is 0.239 e. The van der Waals surface area contributed by atoms with Gasteiger partial charge in [-0.2, -0.15) is 0 Å². The molecule has 1 fully saturated rings. The van der Waals surface area contributed by atoms with Crippen LogP contribution in [0.4, 0.5) is 0 Å². The van der Waals surface area contributed by atoms with Gasteiger partial charge in [0.1, 0.15) is 0 Å². The normalized spacial score (nSPS) is 18.9. The van der Waals surface area contributed by atoms with Crippen molar-refractivity contribution in [1.82, 2.24) is 9.80 Å². The Hall–Kier alpha value is -0.810. The van der Waals surface area contributed by atoms with Crippen LogP contribution in [0.25, 0.3) is 0 Å². The molecule has 1 aromatic rings. The lowest BCUT2D eigenvalue weighted by Crippen LogP contribution is -2.53. The molecule has 0 saturated carbocycles. The minimum Gasteiger partial charge on any atom is -0.337 e. The van der Waals surface area contributed by atoms with Crippen LogP contribution in [0, 0.1) is 0 Å². The number of rotatable bonds is 6. The summed E-state index contributed by atoms with van der Waals surface area (Å²) in [6, 6.07) is 10.4. The third-order valence-electron chi connectivity index (χ3n) is 4.31. The molecule has 1 aliphatic heterocycles. The van der Waals surface area contributed by atoms with Gasteiger partial charge in [0.25, 0.3) is 0 Å². The van der Waals surface area contributed by atoms with Crippen molar-refractivity contribution < 1.29 is 4.79 Å². The second-order valence-electron chi connectivity index (χ2n) is 6.34. The highest BCUT2D eigenvalue weighted by Crippen LogP contribution is 2.19. The maximum absolute atomic E-state index is 12.4. The van der Waals surface area contributed by atoms with E-state index in [-0.39, 0.29) is 30.7 Å². The van der Waals surface area contributed by atoms with Crippen LogP contribution in [0.1, 0.15) is 38.7 Å². The van der Waals surface area contributed by atoms with Crippen LogP contribution in [0.2, 0.25) is 0 Å². The number of nitrogens with zero attached hydrogens (tertiary/aromatic N) is 2. The van der Waals surface area contributed by atoms with Crippen LogP contribution < -0.4 is 5.73 Å². The highest BCUT2D eigenvalue weighted by molar-refractivity contribution is 5.85. The van der Waals surface area contributed by atoms with Crippen LogP contribution in [0.15, 0.2) is 30.3 Å². The summed E-state index contributed by atoms with van der Waals surface area (Å²) in [5.74, 6) is 0.0911. The first-order valence-electron chi connectivity index (χ1n) is 8.44. The fraction of sp³-hybridized carbons (Fsp3) is 0.611. The van der Waals surface area contributed by atoms with Crippen LogP contribution in [0.3, 0.4) is 0 Å². The smallest absolute Gasteiger partial charge is 0.239 e. The van der Waals surface area contributed by atoms with E-state index >= 15 is 0 Å². The predicted molar refractivity (Wildman–Crippen MR) is 105 cm³/mol. The molecule has 1 saturated heterocycles. The molecule has 2 unspecified atom stereocenters. The number of carbonyl (C=O) groups excluding carboxylic acids is 1. The molecule has 1 aliphatic rings. The second kappa shape index (κ2) is 11.7.